The molecule has 1 heteroatoms. The van der Waals surface area contributed by atoms with Gasteiger partial charge < -0.3 is 4.74 Å². The lowest BCUT2D eigenvalue weighted by Crippen LogP contribution is -2.18. The maximum absolute atomic E-state index is 5.18. The van der Waals surface area contributed by atoms with E-state index >= 15 is 0 Å². The highest BCUT2D eigenvalue weighted by Crippen LogP contribution is 2.31. The molecule has 0 atom stereocenters. The molecule has 0 bridgehead atoms. The summed E-state index contributed by atoms with van der Waals surface area (Å²) in [5, 5.41) is 0. The van der Waals surface area contributed by atoms with E-state index in [2.05, 4.69) is 44.2 Å². The van der Waals surface area contributed by atoms with E-state index in [0.717, 1.165) is 5.75 Å². The van der Waals surface area contributed by atoms with Gasteiger partial charge in [0.25, 0.3) is 0 Å². The highest BCUT2D eigenvalue weighted by atomic mass is 16.5. The third-order valence-electron chi connectivity index (χ3n) is 3.25. The molecule has 0 aliphatic carbocycles. The maximum atomic E-state index is 5.18. The fourth-order valence-electron chi connectivity index (χ4n) is 1.98. The molecule has 1 radical (unpaired) electrons. The van der Waals surface area contributed by atoms with Crippen LogP contribution in [0.3, 0.4) is 0 Å². The molecule has 0 spiro atoms. The van der Waals surface area contributed by atoms with E-state index < -0.39 is 0 Å². The number of rotatable bonds is 3. The molecule has 2 rings (SSSR count). The van der Waals surface area contributed by atoms with E-state index in [9.17, 15) is 0 Å². The molecule has 0 N–H and O–H groups in total. The summed E-state index contributed by atoms with van der Waals surface area (Å²) in [6.45, 7) is 4.45. The zero-order chi connectivity index (χ0) is 12.3. The lowest BCUT2D eigenvalue weighted by atomic mass is 9.78. The van der Waals surface area contributed by atoms with Crippen molar-refractivity contribution in [2.45, 2.75) is 19.3 Å². The zero-order valence-electron chi connectivity index (χ0n) is 10.5. The van der Waals surface area contributed by atoms with E-state index in [1.54, 1.807) is 7.11 Å². The molecule has 2 aromatic rings. The van der Waals surface area contributed by atoms with Gasteiger partial charge in [-0.1, -0.05) is 50.2 Å². The van der Waals surface area contributed by atoms with E-state index in [1.165, 1.54) is 11.1 Å². The summed E-state index contributed by atoms with van der Waals surface area (Å²) >= 11 is 0. The van der Waals surface area contributed by atoms with Gasteiger partial charge in [0.2, 0.25) is 0 Å². The SMILES string of the molecule is COc1ccc(C(C)(C)c2cc[c]cc2)cc1. The fourth-order valence-corrected chi connectivity index (χ4v) is 1.98. The van der Waals surface area contributed by atoms with Gasteiger partial charge in [-0.2, -0.15) is 0 Å². The van der Waals surface area contributed by atoms with Crippen molar-refractivity contribution in [1.82, 2.24) is 0 Å². The largest absolute Gasteiger partial charge is 0.497 e. The normalized spacial score (nSPS) is 11.2. The van der Waals surface area contributed by atoms with Crippen LogP contribution in [0.15, 0.2) is 48.5 Å². The molecule has 87 valence electrons. The van der Waals surface area contributed by atoms with Crippen molar-refractivity contribution in [3.05, 3.63) is 65.7 Å². The lowest BCUT2D eigenvalue weighted by molar-refractivity contribution is 0.414. The molecule has 0 saturated heterocycles. The Hall–Kier alpha value is -1.76. The minimum absolute atomic E-state index is 0.00136. The van der Waals surface area contributed by atoms with Crippen LogP contribution >= 0.6 is 0 Å². The summed E-state index contributed by atoms with van der Waals surface area (Å²) in [6, 6.07) is 19.5. The number of hydrogen-bond acceptors (Lipinski definition) is 1. The predicted molar refractivity (Wildman–Crippen MR) is 70.4 cm³/mol. The molecule has 2 aromatic carbocycles. The Morgan fingerprint density at radius 3 is 1.94 bits per heavy atom. The van der Waals surface area contributed by atoms with Crippen LogP contribution < -0.4 is 4.74 Å². The van der Waals surface area contributed by atoms with Gasteiger partial charge in [-0.15, -0.1) is 0 Å². The Morgan fingerprint density at radius 2 is 1.41 bits per heavy atom. The Bertz CT molecular complexity index is 469. The van der Waals surface area contributed by atoms with Crippen LogP contribution in [0.4, 0.5) is 0 Å². The standard InChI is InChI=1S/C16H17O/c1-16(2,13-7-5-4-6-8-13)14-9-11-15(17-3)12-10-14/h5-12H,1-3H3. The van der Waals surface area contributed by atoms with E-state index in [1.807, 2.05) is 24.3 Å². The molecule has 0 fully saturated rings. The van der Waals surface area contributed by atoms with Crippen LogP contribution in [0.2, 0.25) is 0 Å². The smallest absolute Gasteiger partial charge is 0.118 e. The van der Waals surface area contributed by atoms with Crippen LogP contribution in [0.25, 0.3) is 0 Å². The predicted octanol–water partition coefficient (Wildman–Crippen LogP) is 3.82. The number of benzene rings is 2. The second kappa shape index (κ2) is 4.62. The molecular weight excluding hydrogens is 208 g/mol. The minimum Gasteiger partial charge on any atom is -0.497 e. The van der Waals surface area contributed by atoms with Crippen molar-refractivity contribution >= 4 is 0 Å². The average molecular weight is 225 g/mol. The van der Waals surface area contributed by atoms with E-state index in [4.69, 9.17) is 4.74 Å². The van der Waals surface area contributed by atoms with Crippen LogP contribution in [-0.4, -0.2) is 7.11 Å². The van der Waals surface area contributed by atoms with Gasteiger partial charge in [0.15, 0.2) is 0 Å². The lowest BCUT2D eigenvalue weighted by Gasteiger charge is -2.26. The molecule has 0 heterocycles. The molecule has 0 aromatic heterocycles. The number of methoxy groups -OCH3 is 1. The first kappa shape index (κ1) is 11.7. The van der Waals surface area contributed by atoms with Crippen LogP contribution in [0.5, 0.6) is 5.75 Å². The summed E-state index contributed by atoms with van der Waals surface area (Å²) in [5.41, 5.74) is 2.58. The average Bonchev–Trinajstić information content (AvgIpc) is 2.40. The van der Waals surface area contributed by atoms with Crippen molar-refractivity contribution < 1.29 is 4.74 Å². The summed E-state index contributed by atoms with van der Waals surface area (Å²) in [5.74, 6) is 0.894. The monoisotopic (exact) mass is 225 g/mol. The van der Waals surface area contributed by atoms with Gasteiger partial charge in [0.1, 0.15) is 5.75 Å². The molecule has 17 heavy (non-hydrogen) atoms. The fraction of sp³-hybridized carbons (Fsp3) is 0.250. The third kappa shape index (κ3) is 2.33. The first-order valence-corrected chi connectivity index (χ1v) is 5.76. The van der Waals surface area contributed by atoms with E-state index in [-0.39, 0.29) is 5.41 Å². The van der Waals surface area contributed by atoms with Crippen LogP contribution in [0, 0.1) is 6.07 Å². The van der Waals surface area contributed by atoms with Crippen molar-refractivity contribution in [2.24, 2.45) is 0 Å². The van der Waals surface area contributed by atoms with Gasteiger partial charge in [0.05, 0.1) is 7.11 Å². The molecule has 0 amide bonds. The molecule has 1 nitrogen and oxygen atoms in total. The Kier molecular flexibility index (Phi) is 3.19. The Balaban J connectivity index is 2.37. The second-order valence-electron chi connectivity index (χ2n) is 4.64. The molecule has 0 aliphatic rings. The maximum Gasteiger partial charge on any atom is 0.118 e. The summed E-state index contributed by atoms with van der Waals surface area (Å²) in [4.78, 5) is 0. The van der Waals surface area contributed by atoms with Gasteiger partial charge in [-0.05, 0) is 29.3 Å². The zero-order valence-corrected chi connectivity index (χ0v) is 10.5. The molecule has 0 saturated carbocycles. The highest BCUT2D eigenvalue weighted by molar-refractivity contribution is 5.39. The minimum atomic E-state index is 0.00136. The van der Waals surface area contributed by atoms with Crippen molar-refractivity contribution in [1.29, 1.82) is 0 Å². The number of ether oxygens (including phenoxy) is 1. The van der Waals surface area contributed by atoms with Crippen LogP contribution in [-0.2, 0) is 5.41 Å². The molecule has 0 unspecified atom stereocenters. The van der Waals surface area contributed by atoms with E-state index in [0.29, 0.717) is 0 Å². The highest BCUT2D eigenvalue weighted by Gasteiger charge is 2.22. The summed E-state index contributed by atoms with van der Waals surface area (Å²) < 4.78 is 5.18. The Labute approximate surface area is 103 Å². The van der Waals surface area contributed by atoms with Gasteiger partial charge in [-0.3, -0.25) is 0 Å². The topological polar surface area (TPSA) is 9.23 Å². The molecule has 0 aliphatic heterocycles. The first-order chi connectivity index (χ1) is 8.14. The van der Waals surface area contributed by atoms with Gasteiger partial charge in [0, 0.05) is 5.41 Å². The number of hydrogen-bond donors (Lipinski definition) is 0. The second-order valence-corrected chi connectivity index (χ2v) is 4.64. The first-order valence-electron chi connectivity index (χ1n) is 5.76. The molecular formula is C16H17O. The Morgan fingerprint density at radius 1 is 0.882 bits per heavy atom. The van der Waals surface area contributed by atoms with Crippen molar-refractivity contribution in [2.75, 3.05) is 7.11 Å². The third-order valence-corrected chi connectivity index (χ3v) is 3.25. The van der Waals surface area contributed by atoms with Crippen molar-refractivity contribution in [3.8, 4) is 5.75 Å². The van der Waals surface area contributed by atoms with Gasteiger partial charge >= 0.3 is 0 Å². The summed E-state index contributed by atoms with van der Waals surface area (Å²) in [7, 11) is 1.69. The van der Waals surface area contributed by atoms with Crippen molar-refractivity contribution in [3.63, 3.8) is 0 Å². The van der Waals surface area contributed by atoms with Gasteiger partial charge in [-0.25, -0.2) is 0 Å². The van der Waals surface area contributed by atoms with Crippen LogP contribution in [0.1, 0.15) is 25.0 Å². The quantitative estimate of drug-likeness (QED) is 0.771. The summed E-state index contributed by atoms with van der Waals surface area (Å²) in [6.07, 6.45) is 0.